The summed E-state index contributed by atoms with van der Waals surface area (Å²) in [5.41, 5.74) is 4.62. The van der Waals surface area contributed by atoms with Gasteiger partial charge in [-0.15, -0.1) is 0 Å². The summed E-state index contributed by atoms with van der Waals surface area (Å²) in [7, 11) is 0. The molecule has 1 saturated carbocycles. The van der Waals surface area contributed by atoms with Crippen LogP contribution in [0.5, 0.6) is 0 Å². The highest BCUT2D eigenvalue weighted by Crippen LogP contribution is 2.37. The van der Waals surface area contributed by atoms with E-state index >= 15 is 0 Å². The molecule has 2 aliphatic rings. The Labute approximate surface area is 203 Å². The molecule has 178 valence electrons. The molecule has 2 aromatic carbocycles. The van der Waals surface area contributed by atoms with Crippen molar-refractivity contribution in [1.29, 1.82) is 0 Å². The average Bonchev–Trinajstić information content (AvgIpc) is 3.67. The second-order valence-electron chi connectivity index (χ2n) is 9.11. The zero-order chi connectivity index (χ0) is 23.8. The predicted octanol–water partition coefficient (Wildman–Crippen LogP) is 5.00. The number of nitrogens with zero attached hydrogens (tertiary/aromatic N) is 5. The number of carbonyl (C=O) groups excluding carboxylic acids is 1. The molecule has 1 aliphatic heterocycles. The van der Waals surface area contributed by atoms with Crippen LogP contribution in [0.2, 0.25) is 0 Å². The van der Waals surface area contributed by atoms with E-state index in [9.17, 15) is 4.79 Å². The third kappa shape index (κ3) is 4.49. The Hall–Kier alpha value is -3.78. The van der Waals surface area contributed by atoms with E-state index in [4.69, 9.17) is 14.7 Å². The fourth-order valence-electron chi connectivity index (χ4n) is 4.45. The highest BCUT2D eigenvalue weighted by atomic mass is 16.5. The molecule has 2 fully saturated rings. The lowest BCUT2D eigenvalue weighted by atomic mass is 10.1. The maximum Gasteiger partial charge on any atom is 0.228 e. The molecule has 3 heterocycles. The number of anilines is 3. The van der Waals surface area contributed by atoms with Gasteiger partial charge in [-0.1, -0.05) is 19.1 Å². The molecule has 0 bridgehead atoms. The van der Waals surface area contributed by atoms with Crippen LogP contribution in [0.15, 0.2) is 54.7 Å². The number of nitrogens with one attached hydrogen (secondary N) is 1. The smallest absolute Gasteiger partial charge is 0.228 e. The number of aromatic nitrogens is 4. The highest BCUT2D eigenvalue weighted by molar-refractivity contribution is 5.96. The molecule has 0 spiro atoms. The van der Waals surface area contributed by atoms with Crippen molar-refractivity contribution in [2.24, 2.45) is 0 Å². The van der Waals surface area contributed by atoms with E-state index in [2.05, 4.69) is 38.2 Å². The van der Waals surface area contributed by atoms with Gasteiger partial charge in [-0.05, 0) is 43.2 Å². The summed E-state index contributed by atoms with van der Waals surface area (Å²) in [6, 6.07) is 16.4. The lowest BCUT2D eigenvalue weighted by Gasteiger charge is -2.27. The number of ketones is 1. The molecule has 1 saturated heterocycles. The SMILES string of the molecule is CCC(=O)c1ccc(Nc2cc(-c3ccc4cnn(C5CC5)c4c3)nc(N3CCOCC3)n2)cc1. The molecule has 8 heteroatoms. The number of morpholine rings is 1. The number of Topliss-reactive ketones (excluding diaryl/α,β-unsaturated/α-hetero) is 1. The molecular formula is C27H28N6O2. The minimum Gasteiger partial charge on any atom is -0.378 e. The van der Waals surface area contributed by atoms with E-state index in [0.717, 1.165) is 46.5 Å². The lowest BCUT2D eigenvalue weighted by Crippen LogP contribution is -2.37. The summed E-state index contributed by atoms with van der Waals surface area (Å²) in [6.45, 7) is 4.71. The maximum absolute atomic E-state index is 12.0. The van der Waals surface area contributed by atoms with Crippen LogP contribution >= 0.6 is 0 Å². The molecule has 6 rings (SSSR count). The van der Waals surface area contributed by atoms with Crippen molar-refractivity contribution in [1.82, 2.24) is 19.7 Å². The standard InChI is InChI=1S/C27H28N6O2/c1-2-25(34)18-5-7-21(8-6-18)29-26-16-23(30-27(31-26)32-11-13-35-14-12-32)19-3-4-20-17-28-33(22-9-10-22)24(20)15-19/h3-8,15-17,22H,2,9-14H2,1H3,(H,29,30,31). The molecule has 8 nitrogen and oxygen atoms in total. The molecule has 2 aromatic heterocycles. The van der Waals surface area contributed by atoms with Gasteiger partial charge in [0, 0.05) is 47.8 Å². The molecule has 0 unspecified atom stereocenters. The largest absolute Gasteiger partial charge is 0.378 e. The molecule has 35 heavy (non-hydrogen) atoms. The Kier molecular flexibility index (Phi) is 5.66. The van der Waals surface area contributed by atoms with Crippen molar-refractivity contribution in [3.8, 4) is 11.3 Å². The van der Waals surface area contributed by atoms with Gasteiger partial charge in [0.15, 0.2) is 5.78 Å². The number of carbonyl (C=O) groups is 1. The Morgan fingerprint density at radius 1 is 1.06 bits per heavy atom. The Morgan fingerprint density at radius 2 is 1.86 bits per heavy atom. The molecule has 1 aliphatic carbocycles. The van der Waals surface area contributed by atoms with Crippen molar-refractivity contribution in [3.63, 3.8) is 0 Å². The van der Waals surface area contributed by atoms with Crippen LogP contribution in [0.25, 0.3) is 22.2 Å². The number of ether oxygens (including phenoxy) is 1. The van der Waals surface area contributed by atoms with E-state index in [1.165, 1.54) is 12.8 Å². The van der Waals surface area contributed by atoms with E-state index in [1.54, 1.807) is 0 Å². The third-order valence-electron chi connectivity index (χ3n) is 6.60. The van der Waals surface area contributed by atoms with Gasteiger partial charge in [0.2, 0.25) is 5.95 Å². The first-order chi connectivity index (χ1) is 17.2. The minimum atomic E-state index is 0.135. The Morgan fingerprint density at radius 3 is 2.60 bits per heavy atom. The van der Waals surface area contributed by atoms with Crippen LogP contribution in [-0.2, 0) is 4.74 Å². The first-order valence-corrected chi connectivity index (χ1v) is 12.3. The maximum atomic E-state index is 12.0. The van der Waals surface area contributed by atoms with Crippen LogP contribution in [0, 0.1) is 0 Å². The number of rotatable bonds is 7. The summed E-state index contributed by atoms with van der Waals surface area (Å²) in [5, 5.41) is 9.16. The monoisotopic (exact) mass is 468 g/mol. The highest BCUT2D eigenvalue weighted by Gasteiger charge is 2.26. The summed E-state index contributed by atoms with van der Waals surface area (Å²) < 4.78 is 7.67. The minimum absolute atomic E-state index is 0.135. The van der Waals surface area contributed by atoms with Gasteiger partial charge in [-0.25, -0.2) is 4.98 Å². The Bertz CT molecular complexity index is 1370. The number of benzene rings is 2. The van der Waals surface area contributed by atoms with Crippen LogP contribution in [-0.4, -0.2) is 51.8 Å². The van der Waals surface area contributed by atoms with Gasteiger partial charge in [0.05, 0.1) is 36.7 Å². The number of fused-ring (bicyclic) bond motifs is 1. The van der Waals surface area contributed by atoms with Gasteiger partial charge in [-0.2, -0.15) is 10.1 Å². The van der Waals surface area contributed by atoms with Gasteiger partial charge in [-0.3, -0.25) is 9.48 Å². The summed E-state index contributed by atoms with van der Waals surface area (Å²) in [5.74, 6) is 1.53. The molecule has 0 amide bonds. The summed E-state index contributed by atoms with van der Waals surface area (Å²) in [4.78, 5) is 23.9. The lowest BCUT2D eigenvalue weighted by molar-refractivity contribution is 0.0988. The zero-order valence-corrected chi connectivity index (χ0v) is 19.8. The van der Waals surface area contributed by atoms with Crippen molar-refractivity contribution in [3.05, 3.63) is 60.3 Å². The van der Waals surface area contributed by atoms with Crippen molar-refractivity contribution >= 4 is 34.1 Å². The molecule has 1 N–H and O–H groups in total. The summed E-state index contributed by atoms with van der Waals surface area (Å²) in [6.07, 6.45) is 4.81. The van der Waals surface area contributed by atoms with E-state index < -0.39 is 0 Å². The quantitative estimate of drug-likeness (QED) is 0.382. The van der Waals surface area contributed by atoms with Gasteiger partial charge >= 0.3 is 0 Å². The first-order valence-electron chi connectivity index (χ1n) is 12.3. The van der Waals surface area contributed by atoms with Crippen LogP contribution in [0.1, 0.15) is 42.6 Å². The van der Waals surface area contributed by atoms with E-state index in [-0.39, 0.29) is 5.78 Å². The van der Waals surface area contributed by atoms with Gasteiger partial charge in [0.1, 0.15) is 5.82 Å². The van der Waals surface area contributed by atoms with Crippen molar-refractivity contribution in [2.45, 2.75) is 32.2 Å². The van der Waals surface area contributed by atoms with Gasteiger partial charge in [0.25, 0.3) is 0 Å². The average molecular weight is 469 g/mol. The zero-order valence-electron chi connectivity index (χ0n) is 19.8. The van der Waals surface area contributed by atoms with Crippen molar-refractivity contribution in [2.75, 3.05) is 36.5 Å². The summed E-state index contributed by atoms with van der Waals surface area (Å²) >= 11 is 0. The second kappa shape index (κ2) is 9.11. The van der Waals surface area contributed by atoms with E-state index in [0.29, 0.717) is 37.4 Å². The second-order valence-corrected chi connectivity index (χ2v) is 9.11. The molecule has 0 atom stereocenters. The normalized spacial score (nSPS) is 16.0. The number of hydrogen-bond donors (Lipinski definition) is 1. The number of hydrogen-bond acceptors (Lipinski definition) is 7. The molecule has 0 radical (unpaired) electrons. The molecular weight excluding hydrogens is 440 g/mol. The van der Waals surface area contributed by atoms with Crippen LogP contribution in [0.3, 0.4) is 0 Å². The van der Waals surface area contributed by atoms with Crippen molar-refractivity contribution < 1.29 is 9.53 Å². The fraction of sp³-hybridized carbons (Fsp3) is 0.333. The van der Waals surface area contributed by atoms with Crippen LogP contribution in [0.4, 0.5) is 17.5 Å². The molecule has 4 aromatic rings. The first kappa shape index (κ1) is 21.7. The third-order valence-corrected chi connectivity index (χ3v) is 6.60. The van der Waals surface area contributed by atoms with Crippen LogP contribution < -0.4 is 10.2 Å². The van der Waals surface area contributed by atoms with Gasteiger partial charge < -0.3 is 15.0 Å². The topological polar surface area (TPSA) is 85.2 Å². The van der Waals surface area contributed by atoms with E-state index in [1.807, 2.05) is 43.5 Å². The fourth-order valence-corrected chi connectivity index (χ4v) is 4.45. The Balaban J connectivity index is 1.37. The predicted molar refractivity (Wildman–Crippen MR) is 136 cm³/mol.